The average Bonchev–Trinajstić information content (AvgIpc) is 2.83. The molecule has 0 aliphatic heterocycles. The Labute approximate surface area is 116 Å². The van der Waals surface area contributed by atoms with Crippen LogP contribution in [0, 0.1) is 0 Å². The minimum absolute atomic E-state index is 0.177. The summed E-state index contributed by atoms with van der Waals surface area (Å²) in [5.74, 6) is 0. The average molecular weight is 364 g/mol. The van der Waals surface area contributed by atoms with Crippen molar-refractivity contribution >= 4 is 31.9 Å². The van der Waals surface area contributed by atoms with Crippen molar-refractivity contribution in [3.05, 3.63) is 38.9 Å². The van der Waals surface area contributed by atoms with Crippen molar-refractivity contribution in [3.63, 3.8) is 0 Å². The van der Waals surface area contributed by atoms with Gasteiger partial charge in [-0.25, -0.2) is 0 Å². The van der Waals surface area contributed by atoms with Crippen molar-refractivity contribution < 1.29 is 9.52 Å². The van der Waals surface area contributed by atoms with Gasteiger partial charge < -0.3 is 9.52 Å². The zero-order chi connectivity index (χ0) is 12.6. The maximum atomic E-state index is 10.4. The van der Waals surface area contributed by atoms with Gasteiger partial charge in [0.25, 0.3) is 0 Å². The molecule has 0 fully saturated rings. The third-order valence-electron chi connectivity index (χ3n) is 2.48. The number of hydrogen-bond donors (Lipinski definition) is 1. The van der Waals surface area contributed by atoms with Crippen molar-refractivity contribution in [2.45, 2.75) is 26.0 Å². The van der Waals surface area contributed by atoms with Crippen molar-refractivity contribution in [2.24, 2.45) is 0 Å². The van der Waals surface area contributed by atoms with Gasteiger partial charge in [-0.2, -0.15) is 5.10 Å². The van der Waals surface area contributed by atoms with Crippen LogP contribution in [0.5, 0.6) is 0 Å². The van der Waals surface area contributed by atoms with Gasteiger partial charge in [-0.05, 0) is 51.8 Å². The van der Waals surface area contributed by atoms with Crippen LogP contribution in [0.4, 0.5) is 0 Å². The zero-order valence-electron chi connectivity index (χ0n) is 9.39. The van der Waals surface area contributed by atoms with Gasteiger partial charge in [-0.3, -0.25) is 4.68 Å². The smallest absolute Gasteiger partial charge is 0.175 e. The normalized spacial score (nSPS) is 13.3. The first kappa shape index (κ1) is 12.9. The predicted octanol–water partition coefficient (Wildman–Crippen LogP) is 3.66. The number of furan rings is 1. The number of hydrogen-bond acceptors (Lipinski definition) is 3. The van der Waals surface area contributed by atoms with Crippen LogP contribution in [0.3, 0.4) is 0 Å². The number of halogens is 2. The molecule has 0 saturated carbocycles. The Morgan fingerprint density at radius 3 is 2.65 bits per heavy atom. The van der Waals surface area contributed by atoms with Gasteiger partial charge in [-0.15, -0.1) is 0 Å². The quantitative estimate of drug-likeness (QED) is 0.905. The molecule has 0 bridgehead atoms. The molecule has 0 aromatic carbocycles. The summed E-state index contributed by atoms with van der Waals surface area (Å²) in [5.41, 5.74) is 1.41. The van der Waals surface area contributed by atoms with Crippen molar-refractivity contribution in [1.29, 1.82) is 0 Å². The number of aliphatic hydroxyl groups excluding tert-OH is 1. The summed E-state index contributed by atoms with van der Waals surface area (Å²) in [5, 5.41) is 14.6. The molecule has 0 aliphatic rings. The molecule has 17 heavy (non-hydrogen) atoms. The Bertz CT molecular complexity index is 519. The van der Waals surface area contributed by atoms with E-state index in [4.69, 9.17) is 4.42 Å². The second-order valence-electron chi connectivity index (χ2n) is 3.97. The van der Waals surface area contributed by atoms with Gasteiger partial charge in [0.1, 0.15) is 6.10 Å². The lowest BCUT2D eigenvalue weighted by Crippen LogP contribution is -2.12. The molecular weight excluding hydrogens is 352 g/mol. The van der Waals surface area contributed by atoms with Crippen LogP contribution in [0.25, 0.3) is 0 Å². The first-order valence-electron chi connectivity index (χ1n) is 5.16. The Balaban J connectivity index is 2.47. The molecule has 2 heterocycles. The highest BCUT2D eigenvalue weighted by Gasteiger charge is 2.23. The molecular formula is C11H12Br2N2O2. The molecule has 1 atom stereocenters. The highest BCUT2D eigenvalue weighted by atomic mass is 79.9. The first-order valence-corrected chi connectivity index (χ1v) is 6.74. The Morgan fingerprint density at radius 1 is 1.41 bits per heavy atom. The summed E-state index contributed by atoms with van der Waals surface area (Å²) in [7, 11) is 0. The Morgan fingerprint density at radius 2 is 2.12 bits per heavy atom. The van der Waals surface area contributed by atoms with Gasteiger partial charge in [0.2, 0.25) is 0 Å². The first-order chi connectivity index (χ1) is 8.02. The zero-order valence-corrected chi connectivity index (χ0v) is 12.6. The van der Waals surface area contributed by atoms with E-state index in [2.05, 4.69) is 37.0 Å². The van der Waals surface area contributed by atoms with E-state index in [0.29, 0.717) is 10.2 Å². The van der Waals surface area contributed by atoms with Gasteiger partial charge in [0.15, 0.2) is 4.67 Å². The fourth-order valence-corrected chi connectivity index (χ4v) is 2.61. The minimum Gasteiger partial charge on any atom is -0.457 e. The third kappa shape index (κ3) is 2.34. The number of aliphatic hydroxyl groups is 1. The molecule has 92 valence electrons. The molecule has 0 aliphatic carbocycles. The van der Waals surface area contributed by atoms with Crippen LogP contribution in [-0.4, -0.2) is 14.9 Å². The molecule has 4 nitrogen and oxygen atoms in total. The van der Waals surface area contributed by atoms with E-state index < -0.39 is 6.10 Å². The SMILES string of the molecule is CC(C)n1ncc(Br)c1C(O)c1ccoc1Br. The number of rotatable bonds is 3. The summed E-state index contributed by atoms with van der Waals surface area (Å²) in [6, 6.07) is 1.91. The van der Waals surface area contributed by atoms with E-state index in [1.165, 1.54) is 6.26 Å². The third-order valence-corrected chi connectivity index (χ3v) is 3.73. The molecule has 1 unspecified atom stereocenters. The van der Waals surface area contributed by atoms with Crippen LogP contribution >= 0.6 is 31.9 Å². The maximum absolute atomic E-state index is 10.4. The molecule has 2 aromatic heterocycles. The minimum atomic E-state index is -0.776. The van der Waals surface area contributed by atoms with Crippen molar-refractivity contribution in [3.8, 4) is 0 Å². The predicted molar refractivity (Wildman–Crippen MR) is 70.8 cm³/mol. The van der Waals surface area contributed by atoms with E-state index in [1.807, 2.05) is 13.8 Å². The lowest BCUT2D eigenvalue weighted by Gasteiger charge is -2.15. The highest BCUT2D eigenvalue weighted by Crippen LogP contribution is 2.34. The highest BCUT2D eigenvalue weighted by molar-refractivity contribution is 9.10. The van der Waals surface area contributed by atoms with Crippen molar-refractivity contribution in [1.82, 2.24) is 9.78 Å². The largest absolute Gasteiger partial charge is 0.457 e. The van der Waals surface area contributed by atoms with Crippen LogP contribution in [-0.2, 0) is 0 Å². The second-order valence-corrected chi connectivity index (χ2v) is 5.54. The number of nitrogens with zero attached hydrogens (tertiary/aromatic N) is 2. The fraction of sp³-hybridized carbons (Fsp3) is 0.364. The summed E-state index contributed by atoms with van der Waals surface area (Å²) < 4.78 is 8.24. The summed E-state index contributed by atoms with van der Waals surface area (Å²) in [6.07, 6.45) is 2.45. The number of aromatic nitrogens is 2. The standard InChI is InChI=1S/C11H12Br2N2O2/c1-6(2)15-9(8(12)5-14-15)10(16)7-3-4-17-11(7)13/h3-6,10,16H,1-2H3. The van der Waals surface area contributed by atoms with Crippen LogP contribution < -0.4 is 0 Å². The molecule has 0 spiro atoms. The molecule has 0 amide bonds. The topological polar surface area (TPSA) is 51.2 Å². The molecule has 0 radical (unpaired) electrons. The Hall–Kier alpha value is -0.590. The van der Waals surface area contributed by atoms with E-state index in [1.54, 1.807) is 16.9 Å². The van der Waals surface area contributed by atoms with Crippen LogP contribution in [0.1, 0.15) is 37.3 Å². The van der Waals surface area contributed by atoms with E-state index in [9.17, 15) is 5.11 Å². The Kier molecular flexibility index (Phi) is 3.75. The maximum Gasteiger partial charge on any atom is 0.175 e. The van der Waals surface area contributed by atoms with E-state index >= 15 is 0 Å². The van der Waals surface area contributed by atoms with E-state index in [0.717, 1.165) is 10.2 Å². The molecule has 0 saturated heterocycles. The summed E-state index contributed by atoms with van der Waals surface area (Å²) >= 11 is 6.67. The van der Waals surface area contributed by atoms with Gasteiger partial charge in [-0.1, -0.05) is 0 Å². The molecule has 2 aromatic rings. The van der Waals surface area contributed by atoms with Gasteiger partial charge >= 0.3 is 0 Å². The summed E-state index contributed by atoms with van der Waals surface area (Å²) in [4.78, 5) is 0. The van der Waals surface area contributed by atoms with Gasteiger partial charge in [0.05, 0.1) is 22.6 Å². The fourth-order valence-electron chi connectivity index (χ4n) is 1.66. The second kappa shape index (κ2) is 4.96. The van der Waals surface area contributed by atoms with Gasteiger partial charge in [0, 0.05) is 11.6 Å². The van der Waals surface area contributed by atoms with Crippen LogP contribution in [0.15, 0.2) is 32.1 Å². The lowest BCUT2D eigenvalue weighted by molar-refractivity contribution is 0.202. The molecule has 6 heteroatoms. The molecule has 2 rings (SSSR count). The summed E-state index contributed by atoms with van der Waals surface area (Å²) in [6.45, 7) is 4.03. The lowest BCUT2D eigenvalue weighted by atomic mass is 10.1. The van der Waals surface area contributed by atoms with Crippen LogP contribution in [0.2, 0.25) is 0 Å². The monoisotopic (exact) mass is 362 g/mol. The van der Waals surface area contributed by atoms with Crippen molar-refractivity contribution in [2.75, 3.05) is 0 Å². The van der Waals surface area contributed by atoms with E-state index in [-0.39, 0.29) is 6.04 Å². The molecule has 1 N–H and O–H groups in total.